The number of carboxylic acids is 1. The molecule has 1 atom stereocenters. The Morgan fingerprint density at radius 1 is 1.41 bits per heavy atom. The number of aryl methyl sites for hydroxylation is 1. The number of hydrogen-bond donors (Lipinski definition) is 1. The van der Waals surface area contributed by atoms with E-state index in [1.807, 2.05) is 43.5 Å². The van der Waals surface area contributed by atoms with Gasteiger partial charge in [-0.1, -0.05) is 30.3 Å². The van der Waals surface area contributed by atoms with Gasteiger partial charge >= 0.3 is 5.97 Å². The van der Waals surface area contributed by atoms with Gasteiger partial charge in [0.15, 0.2) is 0 Å². The number of rotatable bonds is 4. The van der Waals surface area contributed by atoms with Crippen LogP contribution in [0.1, 0.15) is 23.6 Å². The lowest BCUT2D eigenvalue weighted by Crippen LogP contribution is -2.15. The van der Waals surface area contributed by atoms with Gasteiger partial charge in [-0.05, 0) is 18.1 Å². The maximum absolute atomic E-state index is 10.9. The predicted octanol–water partition coefficient (Wildman–Crippen LogP) is 2.26. The molecule has 0 saturated heterocycles. The van der Waals surface area contributed by atoms with Gasteiger partial charge in [0.1, 0.15) is 0 Å². The van der Waals surface area contributed by atoms with E-state index < -0.39 is 5.97 Å². The Kier molecular flexibility index (Phi) is 3.23. The lowest BCUT2D eigenvalue weighted by molar-refractivity contribution is -0.137. The Hall–Kier alpha value is -2.10. The Balaban J connectivity index is 2.35. The van der Waals surface area contributed by atoms with Crippen molar-refractivity contribution in [3.8, 4) is 0 Å². The summed E-state index contributed by atoms with van der Waals surface area (Å²) in [5.41, 5.74) is 1.98. The van der Waals surface area contributed by atoms with E-state index in [1.165, 1.54) is 0 Å². The highest BCUT2D eigenvalue weighted by atomic mass is 16.4. The molecule has 0 saturated carbocycles. The van der Waals surface area contributed by atoms with Gasteiger partial charge in [0.2, 0.25) is 0 Å². The quantitative estimate of drug-likeness (QED) is 0.876. The van der Waals surface area contributed by atoms with Crippen LogP contribution in [0, 0.1) is 6.92 Å². The SMILES string of the molecule is Cc1cnn(C(CC(=O)O)c2ccccc2)c1. The van der Waals surface area contributed by atoms with Gasteiger partial charge in [-0.15, -0.1) is 0 Å². The molecule has 1 aromatic heterocycles. The second-order valence-corrected chi connectivity index (χ2v) is 4.02. The third-order valence-corrected chi connectivity index (χ3v) is 2.60. The average Bonchev–Trinajstić information content (AvgIpc) is 2.73. The summed E-state index contributed by atoms with van der Waals surface area (Å²) in [7, 11) is 0. The molecule has 2 rings (SSSR count). The molecule has 1 aromatic carbocycles. The Morgan fingerprint density at radius 3 is 2.65 bits per heavy atom. The van der Waals surface area contributed by atoms with Gasteiger partial charge < -0.3 is 5.11 Å². The molecule has 0 fully saturated rings. The number of carboxylic acid groups (broad SMARTS) is 1. The van der Waals surface area contributed by atoms with Crippen LogP contribution >= 0.6 is 0 Å². The number of hydrogen-bond acceptors (Lipinski definition) is 2. The number of carbonyl (C=O) groups is 1. The van der Waals surface area contributed by atoms with Crippen LogP contribution in [0.15, 0.2) is 42.7 Å². The molecule has 4 nitrogen and oxygen atoms in total. The third kappa shape index (κ3) is 2.72. The first-order valence-electron chi connectivity index (χ1n) is 5.44. The topological polar surface area (TPSA) is 55.1 Å². The molecule has 4 heteroatoms. The summed E-state index contributed by atoms with van der Waals surface area (Å²) in [5, 5.41) is 13.2. The molecule has 0 radical (unpaired) electrons. The molecule has 1 unspecified atom stereocenters. The van der Waals surface area contributed by atoms with Crippen LogP contribution in [0.4, 0.5) is 0 Å². The molecule has 1 heterocycles. The van der Waals surface area contributed by atoms with Crippen LogP contribution < -0.4 is 0 Å². The summed E-state index contributed by atoms with van der Waals surface area (Å²) in [6, 6.07) is 9.31. The van der Waals surface area contributed by atoms with E-state index in [4.69, 9.17) is 5.11 Å². The van der Waals surface area contributed by atoms with Crippen molar-refractivity contribution >= 4 is 5.97 Å². The van der Waals surface area contributed by atoms with Crippen molar-refractivity contribution in [2.45, 2.75) is 19.4 Å². The second-order valence-electron chi connectivity index (χ2n) is 4.02. The Labute approximate surface area is 99.5 Å². The molecular formula is C13H14N2O2. The van der Waals surface area contributed by atoms with Gasteiger partial charge in [-0.2, -0.15) is 5.10 Å². The molecule has 1 N–H and O–H groups in total. The smallest absolute Gasteiger partial charge is 0.305 e. The van der Waals surface area contributed by atoms with E-state index in [9.17, 15) is 4.79 Å². The van der Waals surface area contributed by atoms with E-state index >= 15 is 0 Å². The molecule has 0 aliphatic carbocycles. The molecule has 0 bridgehead atoms. The van der Waals surface area contributed by atoms with Gasteiger partial charge in [-0.25, -0.2) is 0 Å². The van der Waals surface area contributed by atoms with Crippen molar-refractivity contribution < 1.29 is 9.90 Å². The lowest BCUT2D eigenvalue weighted by atomic mass is 10.0. The molecular weight excluding hydrogens is 216 g/mol. The summed E-state index contributed by atoms with van der Waals surface area (Å²) in [6.45, 7) is 1.94. The third-order valence-electron chi connectivity index (χ3n) is 2.60. The van der Waals surface area contributed by atoms with Crippen molar-refractivity contribution in [3.63, 3.8) is 0 Å². The monoisotopic (exact) mass is 230 g/mol. The van der Waals surface area contributed by atoms with Crippen LogP contribution in [0.25, 0.3) is 0 Å². The van der Waals surface area contributed by atoms with Crippen molar-refractivity contribution in [3.05, 3.63) is 53.9 Å². The summed E-state index contributed by atoms with van der Waals surface area (Å²) in [5.74, 6) is -0.827. The molecule has 88 valence electrons. The summed E-state index contributed by atoms with van der Waals surface area (Å²) < 4.78 is 1.71. The van der Waals surface area contributed by atoms with Gasteiger partial charge in [0.05, 0.1) is 18.7 Å². The Bertz CT molecular complexity index is 505. The van der Waals surface area contributed by atoms with Gasteiger partial charge in [0.25, 0.3) is 0 Å². The van der Waals surface area contributed by atoms with Crippen LogP contribution in [0.2, 0.25) is 0 Å². The van der Waals surface area contributed by atoms with E-state index in [0.717, 1.165) is 11.1 Å². The van der Waals surface area contributed by atoms with Crippen LogP contribution in [-0.4, -0.2) is 20.9 Å². The largest absolute Gasteiger partial charge is 0.481 e. The lowest BCUT2D eigenvalue weighted by Gasteiger charge is -2.15. The van der Waals surface area contributed by atoms with E-state index in [2.05, 4.69) is 5.10 Å². The van der Waals surface area contributed by atoms with Crippen molar-refractivity contribution in [1.29, 1.82) is 0 Å². The fourth-order valence-electron chi connectivity index (χ4n) is 1.81. The summed E-state index contributed by atoms with van der Waals surface area (Å²) in [6.07, 6.45) is 3.63. The van der Waals surface area contributed by atoms with Crippen molar-refractivity contribution in [2.24, 2.45) is 0 Å². The number of nitrogens with zero attached hydrogens (tertiary/aromatic N) is 2. The van der Waals surface area contributed by atoms with E-state index in [0.29, 0.717) is 0 Å². The van der Waals surface area contributed by atoms with Crippen molar-refractivity contribution in [1.82, 2.24) is 9.78 Å². The highest BCUT2D eigenvalue weighted by molar-refractivity contribution is 5.68. The van der Waals surface area contributed by atoms with Crippen molar-refractivity contribution in [2.75, 3.05) is 0 Å². The number of aromatic nitrogens is 2. The molecule has 17 heavy (non-hydrogen) atoms. The minimum absolute atomic E-state index is 0.0329. The first-order chi connectivity index (χ1) is 8.16. The minimum atomic E-state index is -0.827. The first kappa shape index (κ1) is 11.4. The highest BCUT2D eigenvalue weighted by Gasteiger charge is 2.17. The highest BCUT2D eigenvalue weighted by Crippen LogP contribution is 2.21. The molecule has 0 amide bonds. The molecule has 2 aromatic rings. The fraction of sp³-hybridized carbons (Fsp3) is 0.231. The Morgan fingerprint density at radius 2 is 2.12 bits per heavy atom. The molecule has 0 aliphatic rings. The first-order valence-corrected chi connectivity index (χ1v) is 5.44. The summed E-state index contributed by atoms with van der Waals surface area (Å²) in [4.78, 5) is 10.9. The minimum Gasteiger partial charge on any atom is -0.481 e. The second kappa shape index (κ2) is 4.82. The average molecular weight is 230 g/mol. The van der Waals surface area contributed by atoms with E-state index in [-0.39, 0.29) is 12.5 Å². The molecule has 0 aliphatic heterocycles. The van der Waals surface area contributed by atoms with Gasteiger partial charge in [-0.3, -0.25) is 9.48 Å². The zero-order valence-electron chi connectivity index (χ0n) is 9.58. The summed E-state index contributed by atoms with van der Waals surface area (Å²) >= 11 is 0. The molecule has 0 spiro atoms. The van der Waals surface area contributed by atoms with Crippen LogP contribution in [-0.2, 0) is 4.79 Å². The van der Waals surface area contributed by atoms with Crippen LogP contribution in [0.5, 0.6) is 0 Å². The van der Waals surface area contributed by atoms with E-state index in [1.54, 1.807) is 10.9 Å². The maximum atomic E-state index is 10.9. The van der Waals surface area contributed by atoms with Gasteiger partial charge in [0, 0.05) is 6.20 Å². The zero-order valence-corrected chi connectivity index (χ0v) is 9.58. The number of aliphatic carboxylic acids is 1. The standard InChI is InChI=1S/C13H14N2O2/c1-10-8-14-15(9-10)12(7-13(16)17)11-5-3-2-4-6-11/h2-6,8-9,12H,7H2,1H3,(H,16,17). The predicted molar refractivity (Wildman–Crippen MR) is 63.8 cm³/mol. The maximum Gasteiger partial charge on any atom is 0.305 e. The fourth-order valence-corrected chi connectivity index (χ4v) is 1.81. The van der Waals surface area contributed by atoms with Crippen LogP contribution in [0.3, 0.4) is 0 Å². The normalized spacial score (nSPS) is 12.3. The zero-order chi connectivity index (χ0) is 12.3. The number of benzene rings is 1.